The predicted octanol–water partition coefficient (Wildman–Crippen LogP) is 2.85. The lowest BCUT2D eigenvalue weighted by Crippen LogP contribution is -2.09. The third kappa shape index (κ3) is 2.39. The van der Waals surface area contributed by atoms with Crippen molar-refractivity contribution in [3.8, 4) is 0 Å². The van der Waals surface area contributed by atoms with E-state index in [1.165, 1.54) is 17.8 Å². The summed E-state index contributed by atoms with van der Waals surface area (Å²) >= 11 is 1.47. The zero-order chi connectivity index (χ0) is 11.5. The largest absolute Gasteiger partial charge is 0.322 e. The van der Waals surface area contributed by atoms with Gasteiger partial charge in [-0.25, -0.2) is 4.98 Å². The number of allylic oxidation sites excluding steroid dienone is 2. The first-order chi connectivity index (χ1) is 7.68. The summed E-state index contributed by atoms with van der Waals surface area (Å²) in [5.41, 5.74) is 7.21. The van der Waals surface area contributed by atoms with Crippen LogP contribution in [0.4, 0.5) is 0 Å². The normalized spacial score (nSPS) is 18.0. The van der Waals surface area contributed by atoms with Gasteiger partial charge in [0, 0.05) is 5.38 Å². The highest BCUT2D eigenvalue weighted by molar-refractivity contribution is 7.09. The fraction of sp³-hybridized carbons (Fsp3) is 0.500. The van der Waals surface area contributed by atoms with Crippen molar-refractivity contribution >= 4 is 17.1 Å². The maximum atomic E-state index is 12.1. The molecule has 1 aliphatic carbocycles. The van der Waals surface area contributed by atoms with Crippen molar-refractivity contribution in [2.75, 3.05) is 0 Å². The highest BCUT2D eigenvalue weighted by Crippen LogP contribution is 2.23. The summed E-state index contributed by atoms with van der Waals surface area (Å²) in [5.74, 6) is 0.0860. The van der Waals surface area contributed by atoms with Crippen molar-refractivity contribution in [2.24, 2.45) is 5.73 Å². The fourth-order valence-electron chi connectivity index (χ4n) is 1.81. The van der Waals surface area contributed by atoms with Crippen LogP contribution < -0.4 is 5.73 Å². The first-order valence-corrected chi connectivity index (χ1v) is 6.51. The van der Waals surface area contributed by atoms with Crippen LogP contribution in [0.5, 0.6) is 0 Å². The van der Waals surface area contributed by atoms with Gasteiger partial charge in [0.2, 0.25) is 5.78 Å². The number of aromatic nitrogens is 1. The molecule has 16 heavy (non-hydrogen) atoms. The number of carbonyl (C=O) groups is 1. The molecule has 2 rings (SSSR count). The van der Waals surface area contributed by atoms with Gasteiger partial charge in [-0.1, -0.05) is 6.08 Å². The van der Waals surface area contributed by atoms with Gasteiger partial charge in [-0.15, -0.1) is 11.3 Å². The molecule has 0 saturated heterocycles. The maximum absolute atomic E-state index is 12.1. The van der Waals surface area contributed by atoms with E-state index in [0.29, 0.717) is 5.69 Å². The molecule has 0 aromatic carbocycles. The minimum Gasteiger partial charge on any atom is -0.322 e. The topological polar surface area (TPSA) is 56.0 Å². The van der Waals surface area contributed by atoms with Gasteiger partial charge in [-0.05, 0) is 38.2 Å². The molecule has 1 heterocycles. The van der Waals surface area contributed by atoms with Gasteiger partial charge in [0.15, 0.2) is 0 Å². The van der Waals surface area contributed by atoms with E-state index in [1.54, 1.807) is 0 Å². The SMILES string of the molecule is CC(N)c1nc(C(=O)C2=CCCCC2)cs1. The minimum absolute atomic E-state index is 0.0860. The standard InChI is InChI=1S/C12H16N2OS/c1-8(13)12-14-10(7-16-12)11(15)9-5-3-2-4-6-9/h5,7-8H,2-4,6,13H2,1H3. The number of nitrogens with two attached hydrogens (primary N) is 1. The molecule has 1 unspecified atom stereocenters. The summed E-state index contributed by atoms with van der Waals surface area (Å²) in [4.78, 5) is 16.4. The molecular weight excluding hydrogens is 220 g/mol. The van der Waals surface area contributed by atoms with E-state index in [0.717, 1.165) is 29.8 Å². The Balaban J connectivity index is 2.17. The molecule has 1 aliphatic rings. The summed E-state index contributed by atoms with van der Waals surface area (Å²) in [5, 5.41) is 2.65. The molecule has 0 bridgehead atoms. The number of nitrogens with zero attached hydrogens (tertiary/aromatic N) is 1. The number of ketones is 1. The molecule has 0 fully saturated rings. The second-order valence-corrected chi connectivity index (χ2v) is 5.05. The average Bonchev–Trinajstić information content (AvgIpc) is 2.78. The van der Waals surface area contributed by atoms with Crippen molar-refractivity contribution < 1.29 is 4.79 Å². The molecule has 0 radical (unpaired) electrons. The molecule has 4 heteroatoms. The molecule has 1 aromatic heterocycles. The molecule has 2 N–H and O–H groups in total. The summed E-state index contributed by atoms with van der Waals surface area (Å²) in [6.45, 7) is 1.88. The van der Waals surface area contributed by atoms with E-state index >= 15 is 0 Å². The van der Waals surface area contributed by atoms with E-state index in [9.17, 15) is 4.79 Å². The van der Waals surface area contributed by atoms with Crippen LogP contribution in [0.1, 0.15) is 54.1 Å². The fourth-order valence-corrected chi connectivity index (χ4v) is 2.57. The Labute approximate surface area is 99.4 Å². The molecule has 86 valence electrons. The Morgan fingerprint density at radius 3 is 2.94 bits per heavy atom. The number of Topliss-reactive ketones (excluding diaryl/α,β-unsaturated/α-hetero) is 1. The number of hydrogen-bond acceptors (Lipinski definition) is 4. The lowest BCUT2D eigenvalue weighted by molar-refractivity contribution is 0.102. The zero-order valence-electron chi connectivity index (χ0n) is 9.40. The Kier molecular flexibility index (Phi) is 3.51. The Bertz CT molecular complexity index is 420. The van der Waals surface area contributed by atoms with E-state index in [2.05, 4.69) is 11.1 Å². The van der Waals surface area contributed by atoms with Crippen LogP contribution in [0.25, 0.3) is 0 Å². The monoisotopic (exact) mass is 236 g/mol. The summed E-state index contributed by atoms with van der Waals surface area (Å²) in [6, 6.07) is -0.0908. The van der Waals surface area contributed by atoms with E-state index in [1.807, 2.05) is 12.3 Å². The molecule has 1 atom stereocenters. The third-order valence-corrected chi connectivity index (χ3v) is 3.77. The van der Waals surface area contributed by atoms with E-state index in [4.69, 9.17) is 5.73 Å². The molecule has 1 aromatic rings. The van der Waals surface area contributed by atoms with Gasteiger partial charge in [0.25, 0.3) is 0 Å². The van der Waals surface area contributed by atoms with Gasteiger partial charge < -0.3 is 5.73 Å². The van der Waals surface area contributed by atoms with Crippen molar-refractivity contribution in [3.05, 3.63) is 27.7 Å². The first kappa shape index (κ1) is 11.5. The van der Waals surface area contributed by atoms with Crippen molar-refractivity contribution in [3.63, 3.8) is 0 Å². The second-order valence-electron chi connectivity index (χ2n) is 4.16. The van der Waals surface area contributed by atoms with Crippen LogP contribution in [0.3, 0.4) is 0 Å². The summed E-state index contributed by atoms with van der Waals surface area (Å²) in [6.07, 6.45) is 6.27. The molecule has 0 aliphatic heterocycles. The lowest BCUT2D eigenvalue weighted by atomic mass is 9.95. The highest BCUT2D eigenvalue weighted by atomic mass is 32.1. The van der Waals surface area contributed by atoms with Crippen LogP contribution in [-0.4, -0.2) is 10.8 Å². The Hall–Kier alpha value is -1.00. The van der Waals surface area contributed by atoms with E-state index in [-0.39, 0.29) is 11.8 Å². The van der Waals surface area contributed by atoms with Crippen molar-refractivity contribution in [1.82, 2.24) is 4.98 Å². The van der Waals surface area contributed by atoms with Gasteiger partial charge >= 0.3 is 0 Å². The molecule has 3 nitrogen and oxygen atoms in total. The first-order valence-electron chi connectivity index (χ1n) is 5.63. The lowest BCUT2D eigenvalue weighted by Gasteiger charge is -2.09. The summed E-state index contributed by atoms with van der Waals surface area (Å²) in [7, 11) is 0. The van der Waals surface area contributed by atoms with Gasteiger partial charge in [0.1, 0.15) is 10.7 Å². The maximum Gasteiger partial charge on any atom is 0.207 e. The van der Waals surface area contributed by atoms with Gasteiger partial charge in [-0.3, -0.25) is 4.79 Å². The Morgan fingerprint density at radius 1 is 1.56 bits per heavy atom. The van der Waals surface area contributed by atoms with Crippen molar-refractivity contribution in [1.29, 1.82) is 0 Å². The Morgan fingerprint density at radius 2 is 2.38 bits per heavy atom. The average molecular weight is 236 g/mol. The van der Waals surface area contributed by atoms with Crippen LogP contribution in [-0.2, 0) is 0 Å². The quantitative estimate of drug-likeness (QED) is 0.821. The van der Waals surface area contributed by atoms with Crippen LogP contribution in [0.2, 0.25) is 0 Å². The van der Waals surface area contributed by atoms with Gasteiger partial charge in [-0.2, -0.15) is 0 Å². The molecule has 0 spiro atoms. The predicted molar refractivity (Wildman–Crippen MR) is 65.6 cm³/mol. The molecule has 0 saturated carbocycles. The molecule has 0 amide bonds. The number of hydrogen-bond donors (Lipinski definition) is 1. The number of rotatable bonds is 3. The smallest absolute Gasteiger partial charge is 0.207 e. The highest BCUT2D eigenvalue weighted by Gasteiger charge is 2.17. The number of carbonyl (C=O) groups excluding carboxylic acids is 1. The second kappa shape index (κ2) is 4.89. The van der Waals surface area contributed by atoms with Crippen LogP contribution in [0.15, 0.2) is 17.0 Å². The summed E-state index contributed by atoms with van der Waals surface area (Å²) < 4.78 is 0. The minimum atomic E-state index is -0.0908. The van der Waals surface area contributed by atoms with Crippen LogP contribution >= 0.6 is 11.3 Å². The van der Waals surface area contributed by atoms with E-state index < -0.39 is 0 Å². The van der Waals surface area contributed by atoms with Gasteiger partial charge in [0.05, 0.1) is 6.04 Å². The third-order valence-electron chi connectivity index (χ3n) is 2.73. The van der Waals surface area contributed by atoms with Crippen LogP contribution in [0, 0.1) is 0 Å². The number of thiazole rings is 1. The zero-order valence-corrected chi connectivity index (χ0v) is 10.2. The molecular formula is C12H16N2OS. The van der Waals surface area contributed by atoms with Crippen molar-refractivity contribution in [2.45, 2.75) is 38.6 Å².